The predicted octanol–water partition coefficient (Wildman–Crippen LogP) is 2.06. The molecular weight excluding hydrogens is 190 g/mol. The van der Waals surface area contributed by atoms with Gasteiger partial charge in [-0.3, -0.25) is 0 Å². The van der Waals surface area contributed by atoms with E-state index in [2.05, 4.69) is 19.2 Å². The van der Waals surface area contributed by atoms with Gasteiger partial charge >= 0.3 is 0 Å². The van der Waals surface area contributed by atoms with Crippen molar-refractivity contribution in [1.82, 2.24) is 5.32 Å². The number of hydrogen-bond donors (Lipinski definition) is 1. The van der Waals surface area contributed by atoms with Crippen molar-refractivity contribution in [1.29, 1.82) is 0 Å². The molecule has 0 aliphatic heterocycles. The molecule has 0 saturated carbocycles. The van der Waals surface area contributed by atoms with Gasteiger partial charge in [-0.1, -0.05) is 20.3 Å². The van der Waals surface area contributed by atoms with Crippen LogP contribution in [0.1, 0.15) is 34.1 Å². The Kier molecular flexibility index (Phi) is 9.06. The van der Waals surface area contributed by atoms with E-state index in [0.29, 0.717) is 31.3 Å². The van der Waals surface area contributed by atoms with Crippen LogP contribution in [0.5, 0.6) is 0 Å². The van der Waals surface area contributed by atoms with Crippen LogP contribution < -0.4 is 5.32 Å². The molecule has 0 aliphatic carbocycles. The fraction of sp³-hybridized carbons (Fsp3) is 1.00. The summed E-state index contributed by atoms with van der Waals surface area (Å²) in [5.74, 6) is 0.654. The van der Waals surface area contributed by atoms with Crippen molar-refractivity contribution < 1.29 is 9.47 Å². The van der Waals surface area contributed by atoms with Crippen molar-refractivity contribution >= 4 is 0 Å². The van der Waals surface area contributed by atoms with E-state index >= 15 is 0 Å². The van der Waals surface area contributed by atoms with Gasteiger partial charge in [-0.2, -0.15) is 0 Å². The first-order valence-electron chi connectivity index (χ1n) is 5.98. The standard InChI is InChI=1S/C12H27NO2/c1-6-11(4)12(13-5)9-14-7-8-15-10(2)3/h10-13H,6-9H2,1-5H3. The zero-order valence-corrected chi connectivity index (χ0v) is 10.9. The second-order valence-corrected chi connectivity index (χ2v) is 4.28. The highest BCUT2D eigenvalue weighted by atomic mass is 16.5. The van der Waals surface area contributed by atoms with Crippen LogP contribution in [0.3, 0.4) is 0 Å². The number of ether oxygens (including phenoxy) is 2. The van der Waals surface area contributed by atoms with Crippen molar-refractivity contribution in [2.45, 2.75) is 46.3 Å². The minimum Gasteiger partial charge on any atom is -0.377 e. The maximum atomic E-state index is 5.57. The van der Waals surface area contributed by atoms with E-state index in [0.717, 1.165) is 6.61 Å². The molecule has 92 valence electrons. The summed E-state index contributed by atoms with van der Waals surface area (Å²) in [7, 11) is 1.99. The van der Waals surface area contributed by atoms with Crippen LogP contribution in [0.25, 0.3) is 0 Å². The molecule has 0 heterocycles. The van der Waals surface area contributed by atoms with Crippen molar-refractivity contribution in [3.8, 4) is 0 Å². The molecule has 0 aromatic heterocycles. The second kappa shape index (κ2) is 9.13. The van der Waals surface area contributed by atoms with Gasteiger partial charge in [0.05, 0.1) is 25.9 Å². The first-order valence-corrected chi connectivity index (χ1v) is 5.98. The molecule has 3 nitrogen and oxygen atoms in total. The van der Waals surface area contributed by atoms with Crippen molar-refractivity contribution in [2.75, 3.05) is 26.9 Å². The normalized spacial score (nSPS) is 15.6. The van der Waals surface area contributed by atoms with Gasteiger partial charge in [0.15, 0.2) is 0 Å². The minimum absolute atomic E-state index is 0.295. The summed E-state index contributed by atoms with van der Waals surface area (Å²) in [6.07, 6.45) is 1.47. The average molecular weight is 217 g/mol. The van der Waals surface area contributed by atoms with Gasteiger partial charge in [0, 0.05) is 6.04 Å². The molecule has 2 atom stereocenters. The van der Waals surface area contributed by atoms with E-state index in [-0.39, 0.29) is 0 Å². The first kappa shape index (κ1) is 14.9. The zero-order chi connectivity index (χ0) is 11.7. The van der Waals surface area contributed by atoms with Gasteiger partial charge < -0.3 is 14.8 Å². The molecule has 0 amide bonds. The van der Waals surface area contributed by atoms with E-state index in [1.807, 2.05) is 20.9 Å². The molecule has 0 saturated heterocycles. The first-order chi connectivity index (χ1) is 7.11. The summed E-state index contributed by atoms with van der Waals surface area (Å²) in [4.78, 5) is 0. The summed E-state index contributed by atoms with van der Waals surface area (Å²) in [5, 5.41) is 3.29. The molecule has 2 unspecified atom stereocenters. The number of hydrogen-bond acceptors (Lipinski definition) is 3. The van der Waals surface area contributed by atoms with Crippen LogP contribution in [-0.4, -0.2) is 39.0 Å². The average Bonchev–Trinajstić information content (AvgIpc) is 2.22. The van der Waals surface area contributed by atoms with Gasteiger partial charge in [0.1, 0.15) is 0 Å². The monoisotopic (exact) mass is 217 g/mol. The van der Waals surface area contributed by atoms with Crippen LogP contribution in [-0.2, 0) is 9.47 Å². The van der Waals surface area contributed by atoms with E-state index in [4.69, 9.17) is 9.47 Å². The Morgan fingerprint density at radius 1 is 1.13 bits per heavy atom. The zero-order valence-electron chi connectivity index (χ0n) is 10.9. The summed E-state index contributed by atoms with van der Waals surface area (Å²) >= 11 is 0. The van der Waals surface area contributed by atoms with Crippen LogP contribution in [0.4, 0.5) is 0 Å². The van der Waals surface area contributed by atoms with E-state index in [1.54, 1.807) is 0 Å². The third kappa shape index (κ3) is 7.77. The highest BCUT2D eigenvalue weighted by Gasteiger charge is 2.13. The van der Waals surface area contributed by atoms with Crippen LogP contribution in [0, 0.1) is 5.92 Å². The molecule has 3 heteroatoms. The van der Waals surface area contributed by atoms with Crippen molar-refractivity contribution in [3.05, 3.63) is 0 Å². The molecule has 0 bridgehead atoms. The van der Waals surface area contributed by atoms with Gasteiger partial charge in [0.2, 0.25) is 0 Å². The third-order valence-electron chi connectivity index (χ3n) is 2.68. The van der Waals surface area contributed by atoms with Crippen molar-refractivity contribution in [2.24, 2.45) is 5.92 Å². The molecule has 0 rings (SSSR count). The Morgan fingerprint density at radius 3 is 2.27 bits per heavy atom. The molecule has 0 spiro atoms. The van der Waals surface area contributed by atoms with Crippen LogP contribution in [0.15, 0.2) is 0 Å². The Labute approximate surface area is 94.5 Å². The fourth-order valence-corrected chi connectivity index (χ4v) is 1.37. The predicted molar refractivity (Wildman–Crippen MR) is 64.2 cm³/mol. The Morgan fingerprint density at radius 2 is 1.80 bits per heavy atom. The SMILES string of the molecule is CCC(C)C(COCCOC(C)C)NC. The highest BCUT2D eigenvalue weighted by Crippen LogP contribution is 2.07. The number of likely N-dealkylation sites (N-methyl/N-ethyl adjacent to an activating group) is 1. The van der Waals surface area contributed by atoms with Crippen LogP contribution >= 0.6 is 0 Å². The molecule has 1 N–H and O–H groups in total. The summed E-state index contributed by atoms with van der Waals surface area (Å²) in [6, 6.07) is 0.453. The molecule has 0 aromatic rings. The lowest BCUT2D eigenvalue weighted by Gasteiger charge is -2.22. The molecule has 0 aliphatic rings. The molecule has 0 aromatic carbocycles. The van der Waals surface area contributed by atoms with E-state index < -0.39 is 0 Å². The second-order valence-electron chi connectivity index (χ2n) is 4.28. The van der Waals surface area contributed by atoms with Gasteiger partial charge in [0.25, 0.3) is 0 Å². The lowest BCUT2D eigenvalue weighted by Crippen LogP contribution is -2.36. The lowest BCUT2D eigenvalue weighted by molar-refractivity contribution is 0.0104. The van der Waals surface area contributed by atoms with Crippen LogP contribution in [0.2, 0.25) is 0 Å². The van der Waals surface area contributed by atoms with Gasteiger partial charge in [-0.25, -0.2) is 0 Å². The quantitative estimate of drug-likeness (QED) is 0.600. The molecule has 0 fully saturated rings. The van der Waals surface area contributed by atoms with Gasteiger partial charge in [-0.05, 0) is 26.8 Å². The Balaban J connectivity index is 3.46. The largest absolute Gasteiger partial charge is 0.377 e. The maximum Gasteiger partial charge on any atom is 0.0703 e. The Bertz CT molecular complexity index is 140. The lowest BCUT2D eigenvalue weighted by atomic mass is 10.0. The Hall–Kier alpha value is -0.120. The van der Waals surface area contributed by atoms with E-state index in [9.17, 15) is 0 Å². The highest BCUT2D eigenvalue weighted by molar-refractivity contribution is 4.69. The molecular formula is C12H27NO2. The molecule has 0 radical (unpaired) electrons. The number of rotatable bonds is 9. The summed E-state index contributed by atoms with van der Waals surface area (Å²) in [5.41, 5.74) is 0. The minimum atomic E-state index is 0.295. The third-order valence-corrected chi connectivity index (χ3v) is 2.68. The van der Waals surface area contributed by atoms with E-state index in [1.165, 1.54) is 6.42 Å². The van der Waals surface area contributed by atoms with Gasteiger partial charge in [-0.15, -0.1) is 0 Å². The topological polar surface area (TPSA) is 30.5 Å². The molecule has 15 heavy (non-hydrogen) atoms. The number of nitrogens with one attached hydrogen (secondary N) is 1. The maximum absolute atomic E-state index is 5.57. The fourth-order valence-electron chi connectivity index (χ4n) is 1.37. The summed E-state index contributed by atoms with van der Waals surface area (Å²) in [6.45, 7) is 10.7. The smallest absolute Gasteiger partial charge is 0.0703 e. The van der Waals surface area contributed by atoms with Crippen molar-refractivity contribution in [3.63, 3.8) is 0 Å². The summed E-state index contributed by atoms with van der Waals surface area (Å²) < 4.78 is 11.0.